The first-order valence-corrected chi connectivity index (χ1v) is 7.11. The lowest BCUT2D eigenvalue weighted by Gasteiger charge is -2.32. The summed E-state index contributed by atoms with van der Waals surface area (Å²) in [4.78, 5) is 13.2. The Morgan fingerprint density at radius 1 is 1.20 bits per heavy atom. The zero-order valence-electron chi connectivity index (χ0n) is 11.5. The van der Waals surface area contributed by atoms with Crippen molar-refractivity contribution in [1.82, 2.24) is 14.7 Å². The van der Waals surface area contributed by atoms with Crippen molar-refractivity contribution in [3.05, 3.63) is 53.9 Å². The molecule has 2 heterocycles. The molecule has 1 aromatic carbocycles. The van der Waals surface area contributed by atoms with Gasteiger partial charge in [0.2, 0.25) is 0 Å². The van der Waals surface area contributed by atoms with E-state index < -0.39 is 0 Å². The number of aromatic nitrogens is 2. The second kappa shape index (κ2) is 6.01. The van der Waals surface area contributed by atoms with Crippen molar-refractivity contribution < 1.29 is 4.79 Å². The van der Waals surface area contributed by atoms with Gasteiger partial charge in [-0.3, -0.25) is 14.4 Å². The third-order valence-electron chi connectivity index (χ3n) is 3.94. The van der Waals surface area contributed by atoms with Crippen LogP contribution in [0.15, 0.2) is 42.7 Å². The summed E-state index contributed by atoms with van der Waals surface area (Å²) in [6.07, 6.45) is 6.53. The fourth-order valence-corrected chi connectivity index (χ4v) is 2.80. The second-order valence-corrected chi connectivity index (χ2v) is 5.36. The van der Waals surface area contributed by atoms with Gasteiger partial charge in [0.25, 0.3) is 0 Å². The van der Waals surface area contributed by atoms with Gasteiger partial charge in [-0.15, -0.1) is 0 Å². The SMILES string of the molecule is O=Cc1cnn(C2CCN(Cc3ccccc3)CC2)c1. The second-order valence-electron chi connectivity index (χ2n) is 5.36. The topological polar surface area (TPSA) is 38.1 Å². The minimum absolute atomic E-state index is 0.427. The summed E-state index contributed by atoms with van der Waals surface area (Å²) < 4.78 is 1.95. The highest BCUT2D eigenvalue weighted by atomic mass is 16.1. The van der Waals surface area contributed by atoms with Crippen LogP contribution in [0.25, 0.3) is 0 Å². The lowest BCUT2D eigenvalue weighted by Crippen LogP contribution is -2.34. The Labute approximate surface area is 119 Å². The van der Waals surface area contributed by atoms with E-state index in [2.05, 4.69) is 40.3 Å². The predicted molar refractivity (Wildman–Crippen MR) is 77.6 cm³/mol. The fraction of sp³-hybridized carbons (Fsp3) is 0.375. The van der Waals surface area contributed by atoms with Gasteiger partial charge in [0, 0.05) is 25.8 Å². The predicted octanol–water partition coefficient (Wildman–Crippen LogP) is 2.53. The number of hydrogen-bond donors (Lipinski definition) is 0. The van der Waals surface area contributed by atoms with E-state index in [1.54, 1.807) is 6.20 Å². The molecule has 1 aliphatic heterocycles. The molecule has 2 aromatic rings. The van der Waals surface area contributed by atoms with Gasteiger partial charge in [0.15, 0.2) is 6.29 Å². The van der Waals surface area contributed by atoms with E-state index in [-0.39, 0.29) is 0 Å². The van der Waals surface area contributed by atoms with E-state index in [1.165, 1.54) is 5.56 Å². The molecule has 1 fully saturated rings. The normalized spacial score (nSPS) is 17.2. The minimum atomic E-state index is 0.427. The van der Waals surface area contributed by atoms with Gasteiger partial charge in [-0.05, 0) is 18.4 Å². The number of carbonyl (C=O) groups excluding carboxylic acids is 1. The van der Waals surface area contributed by atoms with Crippen molar-refractivity contribution in [2.75, 3.05) is 13.1 Å². The Bertz CT molecular complexity index is 556. The Morgan fingerprint density at radius 3 is 2.60 bits per heavy atom. The van der Waals surface area contributed by atoms with Crippen LogP contribution in [-0.2, 0) is 6.54 Å². The lowest BCUT2D eigenvalue weighted by molar-refractivity contribution is 0.112. The summed E-state index contributed by atoms with van der Waals surface area (Å²) >= 11 is 0. The first-order valence-electron chi connectivity index (χ1n) is 7.11. The molecule has 0 unspecified atom stereocenters. The summed E-state index contributed by atoms with van der Waals surface area (Å²) in [7, 11) is 0. The molecule has 104 valence electrons. The molecule has 0 atom stereocenters. The molecule has 3 rings (SSSR count). The van der Waals surface area contributed by atoms with Gasteiger partial charge in [0.1, 0.15) is 0 Å². The van der Waals surface area contributed by atoms with Crippen LogP contribution in [0.4, 0.5) is 0 Å². The highest BCUT2D eigenvalue weighted by molar-refractivity contribution is 5.73. The Hall–Kier alpha value is -1.94. The number of hydrogen-bond acceptors (Lipinski definition) is 3. The van der Waals surface area contributed by atoms with Gasteiger partial charge < -0.3 is 0 Å². The number of aldehydes is 1. The number of rotatable bonds is 4. The molecule has 1 aliphatic rings. The van der Waals surface area contributed by atoms with E-state index in [1.807, 2.05) is 10.9 Å². The molecular formula is C16H19N3O. The molecule has 1 aromatic heterocycles. The van der Waals surface area contributed by atoms with E-state index in [0.29, 0.717) is 11.6 Å². The largest absolute Gasteiger partial charge is 0.299 e. The van der Waals surface area contributed by atoms with E-state index >= 15 is 0 Å². The molecule has 20 heavy (non-hydrogen) atoms. The summed E-state index contributed by atoms with van der Waals surface area (Å²) in [5.41, 5.74) is 2.03. The number of piperidine rings is 1. The van der Waals surface area contributed by atoms with Crippen molar-refractivity contribution in [3.8, 4) is 0 Å². The third-order valence-corrected chi connectivity index (χ3v) is 3.94. The van der Waals surface area contributed by atoms with Crippen molar-refractivity contribution in [2.24, 2.45) is 0 Å². The monoisotopic (exact) mass is 269 g/mol. The molecule has 1 saturated heterocycles. The average Bonchev–Trinajstić information content (AvgIpc) is 2.98. The third kappa shape index (κ3) is 2.96. The molecule has 0 N–H and O–H groups in total. The number of benzene rings is 1. The van der Waals surface area contributed by atoms with E-state index in [9.17, 15) is 4.79 Å². The van der Waals surface area contributed by atoms with Gasteiger partial charge in [-0.25, -0.2) is 0 Å². The molecule has 0 aliphatic carbocycles. The maximum atomic E-state index is 10.7. The smallest absolute Gasteiger partial charge is 0.153 e. The first kappa shape index (κ1) is 13.1. The van der Waals surface area contributed by atoms with Crippen LogP contribution >= 0.6 is 0 Å². The molecule has 0 radical (unpaired) electrons. The van der Waals surface area contributed by atoms with Crippen molar-refractivity contribution in [2.45, 2.75) is 25.4 Å². The molecule has 4 nitrogen and oxygen atoms in total. The standard InChI is InChI=1S/C16H19N3O/c20-13-15-10-17-19(12-15)16-6-8-18(9-7-16)11-14-4-2-1-3-5-14/h1-5,10,12-13,16H,6-9,11H2. The maximum Gasteiger partial charge on any atom is 0.153 e. The van der Waals surface area contributed by atoms with Gasteiger partial charge in [-0.1, -0.05) is 30.3 Å². The first-order chi connectivity index (χ1) is 9.85. The molecule has 0 saturated carbocycles. The number of nitrogens with zero attached hydrogens (tertiary/aromatic N) is 3. The Balaban J connectivity index is 1.55. The van der Waals surface area contributed by atoms with E-state index in [0.717, 1.165) is 38.8 Å². The molecule has 0 amide bonds. The van der Waals surface area contributed by atoms with Crippen molar-refractivity contribution in [1.29, 1.82) is 0 Å². The average molecular weight is 269 g/mol. The fourth-order valence-electron chi connectivity index (χ4n) is 2.80. The maximum absolute atomic E-state index is 10.7. The van der Waals surface area contributed by atoms with Crippen molar-refractivity contribution in [3.63, 3.8) is 0 Å². The highest BCUT2D eigenvalue weighted by Gasteiger charge is 2.21. The quantitative estimate of drug-likeness (QED) is 0.801. The minimum Gasteiger partial charge on any atom is -0.299 e. The van der Waals surface area contributed by atoms with Gasteiger partial charge >= 0.3 is 0 Å². The number of carbonyl (C=O) groups is 1. The molecule has 0 bridgehead atoms. The van der Waals surface area contributed by atoms with Crippen LogP contribution in [-0.4, -0.2) is 34.1 Å². The van der Waals surface area contributed by atoms with E-state index in [4.69, 9.17) is 0 Å². The summed E-state index contributed by atoms with van der Waals surface area (Å²) in [5, 5.41) is 4.29. The van der Waals surface area contributed by atoms with Crippen LogP contribution in [0.2, 0.25) is 0 Å². The zero-order chi connectivity index (χ0) is 13.8. The van der Waals surface area contributed by atoms with Crippen molar-refractivity contribution >= 4 is 6.29 Å². The number of likely N-dealkylation sites (tertiary alicyclic amines) is 1. The molecular weight excluding hydrogens is 250 g/mol. The van der Waals surface area contributed by atoms with Crippen LogP contribution < -0.4 is 0 Å². The Kier molecular flexibility index (Phi) is 3.92. The van der Waals surface area contributed by atoms with Gasteiger partial charge in [-0.2, -0.15) is 5.10 Å². The summed E-state index contributed by atoms with van der Waals surface area (Å²) in [6, 6.07) is 11.0. The van der Waals surface area contributed by atoms with Crippen LogP contribution in [0, 0.1) is 0 Å². The lowest BCUT2D eigenvalue weighted by atomic mass is 10.0. The van der Waals surface area contributed by atoms with Crippen LogP contribution in [0.1, 0.15) is 34.8 Å². The summed E-state index contributed by atoms with van der Waals surface area (Å²) in [5.74, 6) is 0. The summed E-state index contributed by atoms with van der Waals surface area (Å²) in [6.45, 7) is 3.18. The zero-order valence-corrected chi connectivity index (χ0v) is 11.5. The Morgan fingerprint density at radius 2 is 1.95 bits per heavy atom. The van der Waals surface area contributed by atoms with Crippen LogP contribution in [0.3, 0.4) is 0 Å². The van der Waals surface area contributed by atoms with Crippen LogP contribution in [0.5, 0.6) is 0 Å². The molecule has 4 heteroatoms. The molecule has 0 spiro atoms. The van der Waals surface area contributed by atoms with Gasteiger partial charge in [0.05, 0.1) is 17.8 Å². The highest BCUT2D eigenvalue weighted by Crippen LogP contribution is 2.23.